The number of hydrogen-bond donors (Lipinski definition) is 3. The summed E-state index contributed by atoms with van der Waals surface area (Å²) in [5.41, 5.74) is 2.15. The molecule has 0 aromatic carbocycles. The summed E-state index contributed by atoms with van der Waals surface area (Å²) in [7, 11) is 0. The van der Waals surface area contributed by atoms with Crippen molar-refractivity contribution in [1.82, 2.24) is 0 Å². The third-order valence-corrected chi connectivity index (χ3v) is 21.9. The minimum absolute atomic E-state index is 0.0143. The molecule has 16 rings (SSSR count). The molecule has 16 fully saturated rings. The van der Waals surface area contributed by atoms with Crippen LogP contribution in [-0.2, 0) is 75.8 Å². The van der Waals surface area contributed by atoms with E-state index in [9.17, 15) is 20.1 Å². The molecule has 16 aliphatic rings. The van der Waals surface area contributed by atoms with E-state index in [-0.39, 0.29) is 146 Å². The van der Waals surface area contributed by atoms with Crippen LogP contribution < -0.4 is 0 Å². The molecule has 3 N–H and O–H groups in total. The van der Waals surface area contributed by atoms with Crippen molar-refractivity contribution < 1.29 is 91.2 Å². The van der Waals surface area contributed by atoms with Crippen LogP contribution >= 0.6 is 0 Å². The fourth-order valence-corrected chi connectivity index (χ4v) is 18.2. The van der Waals surface area contributed by atoms with Crippen LogP contribution in [0.5, 0.6) is 0 Å². The van der Waals surface area contributed by atoms with Gasteiger partial charge in [0.1, 0.15) is 36.6 Å². The van der Waals surface area contributed by atoms with Crippen molar-refractivity contribution in [2.45, 2.75) is 313 Å². The molecular formula is C60H86O19. The number of fused-ring (bicyclic) bond motifs is 10. The van der Waals surface area contributed by atoms with E-state index >= 15 is 0 Å². The van der Waals surface area contributed by atoms with Crippen molar-refractivity contribution in [3.8, 4) is 0 Å². The predicted molar refractivity (Wildman–Crippen MR) is 274 cm³/mol. The Morgan fingerprint density at radius 3 is 2.03 bits per heavy atom. The number of carbonyl (C=O) groups is 1. The van der Waals surface area contributed by atoms with Gasteiger partial charge in [-0.1, -0.05) is 40.9 Å². The number of esters is 1. The molecule has 0 aromatic rings. The van der Waals surface area contributed by atoms with Crippen LogP contribution in [0.2, 0.25) is 0 Å². The van der Waals surface area contributed by atoms with E-state index in [4.69, 9.17) is 71.1 Å². The largest absolute Gasteiger partial charge is 0.459 e. The Labute approximate surface area is 463 Å². The molecule has 16 heterocycles. The van der Waals surface area contributed by atoms with Crippen molar-refractivity contribution in [2.24, 2.45) is 23.7 Å². The summed E-state index contributed by atoms with van der Waals surface area (Å²) in [6.07, 6.45) is 2.17. The Kier molecular flexibility index (Phi) is 13.8. The van der Waals surface area contributed by atoms with Crippen LogP contribution in [0, 0.1) is 23.7 Å². The minimum atomic E-state index is -1.02. The first-order valence-electron chi connectivity index (χ1n) is 30.8. The van der Waals surface area contributed by atoms with Crippen LogP contribution in [0.15, 0.2) is 24.3 Å². The second-order valence-electron chi connectivity index (χ2n) is 27.5. The van der Waals surface area contributed by atoms with E-state index in [1.165, 1.54) is 0 Å². The third-order valence-electron chi connectivity index (χ3n) is 21.9. The van der Waals surface area contributed by atoms with Gasteiger partial charge in [-0.3, -0.25) is 4.79 Å². The van der Waals surface area contributed by atoms with Crippen molar-refractivity contribution >= 4 is 5.97 Å². The predicted octanol–water partition coefficient (Wildman–Crippen LogP) is 4.93. The van der Waals surface area contributed by atoms with Gasteiger partial charge in [0.15, 0.2) is 17.4 Å². The normalized spacial score (nSPS) is 57.2. The topological polar surface area (TPSA) is 216 Å². The highest BCUT2D eigenvalue weighted by Crippen LogP contribution is 2.58. The average Bonchev–Trinajstić information content (AvgIpc) is 4.46. The number of hydrogen-bond acceptors (Lipinski definition) is 19. The van der Waals surface area contributed by atoms with Gasteiger partial charge in [0.2, 0.25) is 0 Å². The molecule has 12 bridgehead atoms. The van der Waals surface area contributed by atoms with Crippen LogP contribution in [0.4, 0.5) is 0 Å². The second kappa shape index (κ2) is 20.2. The molecule has 0 aromatic heterocycles. The van der Waals surface area contributed by atoms with Gasteiger partial charge < -0.3 is 86.4 Å². The molecule has 16 saturated heterocycles. The number of aliphatic hydroxyl groups is 3. The quantitative estimate of drug-likeness (QED) is 0.251. The van der Waals surface area contributed by atoms with Crippen molar-refractivity contribution in [2.75, 3.05) is 6.61 Å². The van der Waals surface area contributed by atoms with Gasteiger partial charge in [-0.05, 0) is 73.8 Å². The summed E-state index contributed by atoms with van der Waals surface area (Å²) >= 11 is 0. The third kappa shape index (κ3) is 9.43. The van der Waals surface area contributed by atoms with Crippen LogP contribution in [0.1, 0.15) is 143 Å². The van der Waals surface area contributed by atoms with Gasteiger partial charge >= 0.3 is 5.97 Å². The summed E-state index contributed by atoms with van der Waals surface area (Å²) in [6, 6.07) is 0. The number of carbonyl (C=O) groups excluding carboxylic acids is 1. The number of ether oxygens (including phenoxy) is 15. The smallest absolute Gasteiger partial charge is 0.308 e. The summed E-state index contributed by atoms with van der Waals surface area (Å²) in [6.45, 7) is 17.4. The Balaban J connectivity index is 0.655. The van der Waals surface area contributed by atoms with Crippen LogP contribution in [-0.4, -0.2) is 198 Å². The fraction of sp³-hybridized carbons (Fsp3) is 0.917. The maximum atomic E-state index is 14.6. The molecule has 32 atom stereocenters. The van der Waals surface area contributed by atoms with E-state index in [0.29, 0.717) is 64.2 Å². The molecule has 0 radical (unpaired) electrons. The molecule has 0 saturated carbocycles. The van der Waals surface area contributed by atoms with E-state index in [0.717, 1.165) is 49.7 Å². The molecule has 16 aliphatic heterocycles. The molecule has 1 unspecified atom stereocenters. The fourth-order valence-electron chi connectivity index (χ4n) is 18.2. The van der Waals surface area contributed by atoms with Crippen LogP contribution in [0.25, 0.3) is 0 Å². The summed E-state index contributed by atoms with van der Waals surface area (Å²) in [5.74, 6) is -2.77. The average molecular weight is 1110 g/mol. The van der Waals surface area contributed by atoms with Gasteiger partial charge in [0.05, 0.1) is 129 Å². The second-order valence-corrected chi connectivity index (χ2v) is 27.5. The molecule has 3 spiro atoms. The molecule has 0 amide bonds. The summed E-state index contributed by atoms with van der Waals surface area (Å²) in [4.78, 5) is 14.6. The number of rotatable bonds is 4. The molecular weight excluding hydrogens is 1020 g/mol. The maximum Gasteiger partial charge on any atom is 0.308 e. The first-order chi connectivity index (χ1) is 38.0. The Hall–Kier alpha value is -1.73. The highest BCUT2D eigenvalue weighted by Gasteiger charge is 2.70. The highest BCUT2D eigenvalue weighted by molar-refractivity contribution is 5.70. The zero-order valence-electron chi connectivity index (χ0n) is 46.5. The van der Waals surface area contributed by atoms with Gasteiger partial charge in [-0.15, -0.1) is 0 Å². The molecule has 19 nitrogen and oxygen atoms in total. The Morgan fingerprint density at radius 1 is 0.506 bits per heavy atom. The van der Waals surface area contributed by atoms with E-state index in [1.807, 2.05) is 0 Å². The Morgan fingerprint density at radius 2 is 1.18 bits per heavy atom. The van der Waals surface area contributed by atoms with E-state index in [1.54, 1.807) is 0 Å². The van der Waals surface area contributed by atoms with E-state index < -0.39 is 72.8 Å². The van der Waals surface area contributed by atoms with Crippen LogP contribution in [0.3, 0.4) is 0 Å². The van der Waals surface area contributed by atoms with E-state index in [2.05, 4.69) is 40.9 Å². The first kappa shape index (κ1) is 54.0. The van der Waals surface area contributed by atoms with Crippen molar-refractivity contribution in [3.63, 3.8) is 0 Å². The minimum Gasteiger partial charge on any atom is -0.459 e. The maximum absolute atomic E-state index is 14.6. The molecule has 79 heavy (non-hydrogen) atoms. The summed E-state index contributed by atoms with van der Waals surface area (Å²) in [5, 5.41) is 30.3. The lowest BCUT2D eigenvalue weighted by atomic mass is 9.79. The molecule has 19 heteroatoms. The lowest BCUT2D eigenvalue weighted by Crippen LogP contribution is -2.62. The standard InChI is InChI=1S/C60H86O19/c1-26-13-33-7-9-37-27(2)14-35(65-37)11-12-58-23-46-54(78-58)55-56(72-46)57(79-58)53-38(69-55)10-8-34(67-53)16-48(64)73-52-31(6)51-43(68-42(52)17-39(66-33)30(26)5)19-41-45(71-51)22-60(74-41)24-47-50(77-60)29(4)21-59(76-47)20-28(3)49-44(75-59)18-40(70-49)36(63)15-32(62)25-61/h26,28-29,31-47,49-57,61-63H,2,5,7-25H2,1,3-4,6H3/t26-,28+,29+,31+,32-,33+,34-,35+,36+,37+,38+,39-,40+,41-,42+,43+,44+,45-,46+,47+,49+,50+,51+,52-,53+,54+,55+,56-,57+,58?,59-,60+/m1/s1. The Bertz CT molecular complexity index is 2340. The monoisotopic (exact) mass is 1110 g/mol. The van der Waals surface area contributed by atoms with Crippen molar-refractivity contribution in [3.05, 3.63) is 24.3 Å². The molecule has 440 valence electrons. The zero-order chi connectivity index (χ0) is 54.0. The van der Waals surface area contributed by atoms with Gasteiger partial charge in [0, 0.05) is 70.1 Å². The van der Waals surface area contributed by atoms with Gasteiger partial charge in [-0.2, -0.15) is 0 Å². The zero-order valence-corrected chi connectivity index (χ0v) is 46.5. The lowest BCUT2D eigenvalue weighted by Gasteiger charge is -2.50. The van der Waals surface area contributed by atoms with Gasteiger partial charge in [0.25, 0.3) is 0 Å². The first-order valence-corrected chi connectivity index (χ1v) is 30.8. The number of aliphatic hydroxyl groups excluding tert-OH is 3. The lowest BCUT2D eigenvalue weighted by molar-refractivity contribution is -0.347. The SMILES string of the molecule is C=C1C[C@@H]2CCC34C[C@@H]5O[C@@H]6[C@@H](O[C@H]7CC[C@H](CC(=O)O[C@@H]8[C@@H](C)[C@@H]9O[C@@H]%10C[C@]%11(C[C@@H]%12O[C@]%13(C[C@H](C)[C@@H]%14O[C@H]([C@@H](O)C[C@@H](O)CO)C[C@@H]%14O%13)C[C@H](C)[C@@H]%12O%11)O[C@@H]%10C[C@@H]9O[C@H]8C[C@H]8O[C@@H](CC[C@@H]1O2)C[C@@H](C)C8=C)O[C@@H]7[C@@H]6O3)[C@H]5O4. The summed E-state index contributed by atoms with van der Waals surface area (Å²) < 4.78 is 104. The van der Waals surface area contributed by atoms with Crippen molar-refractivity contribution in [1.29, 1.82) is 0 Å². The van der Waals surface area contributed by atoms with Gasteiger partial charge in [-0.25, -0.2) is 0 Å². The molecule has 0 aliphatic carbocycles. The highest BCUT2D eigenvalue weighted by atomic mass is 16.8.